The van der Waals surface area contributed by atoms with Gasteiger partial charge in [-0.25, -0.2) is 0 Å². The van der Waals surface area contributed by atoms with Gasteiger partial charge in [0.2, 0.25) is 0 Å². The smallest absolute Gasteiger partial charge is 0.184 e. The second-order valence-corrected chi connectivity index (χ2v) is 3.15. The van der Waals surface area contributed by atoms with Gasteiger partial charge in [-0.05, 0) is 24.7 Å². The fourth-order valence-corrected chi connectivity index (χ4v) is 1.07. The Kier molecular flexibility index (Phi) is 4.06. The van der Waals surface area contributed by atoms with Crippen LogP contribution < -0.4 is 11.2 Å². The summed E-state index contributed by atoms with van der Waals surface area (Å²) < 4.78 is 1.87. The fraction of sp³-hybridized carbons (Fsp3) is 0.375. The Morgan fingerprint density at radius 1 is 1.86 bits per heavy atom. The molecule has 0 bridgehead atoms. The van der Waals surface area contributed by atoms with Crippen molar-refractivity contribution in [2.24, 2.45) is 10.8 Å². The van der Waals surface area contributed by atoms with Gasteiger partial charge in [-0.1, -0.05) is 6.92 Å². The number of thiocarbonyl (C=S) groups is 1. The zero-order valence-corrected chi connectivity index (χ0v) is 8.79. The molecule has 1 heterocycles. The summed E-state index contributed by atoms with van der Waals surface area (Å²) in [6, 6.07) is 1.88. The Morgan fingerprint density at radius 3 is 3.29 bits per heavy atom. The van der Waals surface area contributed by atoms with E-state index in [9.17, 15) is 0 Å². The van der Waals surface area contributed by atoms with Gasteiger partial charge in [-0.3, -0.25) is 10.1 Å². The molecule has 0 radical (unpaired) electrons. The van der Waals surface area contributed by atoms with Crippen LogP contribution in [-0.4, -0.2) is 21.1 Å². The van der Waals surface area contributed by atoms with Gasteiger partial charge >= 0.3 is 0 Å². The topological polar surface area (TPSA) is 68.2 Å². The normalized spacial score (nSPS) is 10.6. The number of hydrogen-bond acceptors (Lipinski definition) is 3. The molecule has 0 aliphatic heterocycles. The highest BCUT2D eigenvalue weighted by atomic mass is 32.1. The zero-order valence-electron chi connectivity index (χ0n) is 7.97. The first-order chi connectivity index (χ1) is 6.74. The number of aryl methyl sites for hydroxylation is 1. The van der Waals surface area contributed by atoms with Crippen molar-refractivity contribution in [2.45, 2.75) is 19.9 Å². The van der Waals surface area contributed by atoms with Gasteiger partial charge in [0.25, 0.3) is 0 Å². The molecule has 0 amide bonds. The number of nitrogens with zero attached hydrogens (tertiary/aromatic N) is 3. The number of hydrazone groups is 1. The minimum Gasteiger partial charge on any atom is -0.375 e. The summed E-state index contributed by atoms with van der Waals surface area (Å²) in [6.07, 6.45) is 4.41. The molecule has 0 atom stereocenters. The molecule has 0 aliphatic carbocycles. The van der Waals surface area contributed by atoms with Gasteiger partial charge in [-0.15, -0.1) is 0 Å². The molecule has 1 aromatic rings. The van der Waals surface area contributed by atoms with Crippen LogP contribution in [0.5, 0.6) is 0 Å². The maximum atomic E-state index is 5.21. The van der Waals surface area contributed by atoms with Crippen LogP contribution in [0.25, 0.3) is 0 Å². The van der Waals surface area contributed by atoms with E-state index in [-0.39, 0.29) is 5.11 Å². The van der Waals surface area contributed by atoms with E-state index in [1.807, 2.05) is 10.7 Å². The van der Waals surface area contributed by atoms with Crippen LogP contribution in [0.1, 0.15) is 19.0 Å². The first-order valence-electron chi connectivity index (χ1n) is 4.34. The lowest BCUT2D eigenvalue weighted by Gasteiger charge is -2.00. The second-order valence-electron chi connectivity index (χ2n) is 2.71. The molecule has 0 saturated heterocycles. The third kappa shape index (κ3) is 3.14. The standard InChI is InChI=1S/C8H13N5S/c1-2-5-13-7(3-4-11-13)6-10-12-8(9)14/h3-4,6H,2,5H2,1H3,(H3,9,12,14)/b10-6+. The lowest BCUT2D eigenvalue weighted by Crippen LogP contribution is -2.24. The highest BCUT2D eigenvalue weighted by molar-refractivity contribution is 7.80. The van der Waals surface area contributed by atoms with Crippen molar-refractivity contribution in [3.8, 4) is 0 Å². The molecule has 0 spiro atoms. The average Bonchev–Trinajstić information content (AvgIpc) is 2.53. The summed E-state index contributed by atoms with van der Waals surface area (Å²) in [5.74, 6) is 0. The van der Waals surface area contributed by atoms with Crippen molar-refractivity contribution in [1.82, 2.24) is 15.2 Å². The van der Waals surface area contributed by atoms with Crippen LogP contribution in [0.4, 0.5) is 0 Å². The molecule has 14 heavy (non-hydrogen) atoms. The Bertz CT molecular complexity index is 330. The minimum absolute atomic E-state index is 0.155. The van der Waals surface area contributed by atoms with Gasteiger partial charge in [0, 0.05) is 12.7 Å². The fourth-order valence-electron chi connectivity index (χ4n) is 1.01. The van der Waals surface area contributed by atoms with Crippen LogP contribution in [0.2, 0.25) is 0 Å². The minimum atomic E-state index is 0.155. The molecule has 5 nitrogen and oxygen atoms in total. The average molecular weight is 211 g/mol. The number of nitrogens with one attached hydrogen (secondary N) is 1. The third-order valence-corrected chi connectivity index (χ3v) is 1.65. The van der Waals surface area contributed by atoms with Crippen LogP contribution in [0.15, 0.2) is 17.4 Å². The summed E-state index contributed by atoms with van der Waals surface area (Å²) >= 11 is 4.60. The molecule has 0 aliphatic rings. The Morgan fingerprint density at radius 2 is 2.64 bits per heavy atom. The molecule has 76 valence electrons. The largest absolute Gasteiger partial charge is 0.375 e. The SMILES string of the molecule is CCCn1nccc1/C=N/NC(N)=S. The summed E-state index contributed by atoms with van der Waals surface area (Å²) in [6.45, 7) is 2.97. The summed E-state index contributed by atoms with van der Waals surface area (Å²) in [7, 11) is 0. The maximum Gasteiger partial charge on any atom is 0.184 e. The van der Waals surface area contributed by atoms with Crippen molar-refractivity contribution in [1.29, 1.82) is 0 Å². The molecular formula is C8H13N5S. The maximum absolute atomic E-state index is 5.21. The van der Waals surface area contributed by atoms with Crippen molar-refractivity contribution >= 4 is 23.5 Å². The van der Waals surface area contributed by atoms with Crippen molar-refractivity contribution in [2.75, 3.05) is 0 Å². The predicted molar refractivity (Wildman–Crippen MR) is 60.0 cm³/mol. The van der Waals surface area contributed by atoms with E-state index in [2.05, 4.69) is 34.8 Å². The van der Waals surface area contributed by atoms with E-state index in [0.29, 0.717) is 0 Å². The van der Waals surface area contributed by atoms with Crippen molar-refractivity contribution in [3.63, 3.8) is 0 Å². The van der Waals surface area contributed by atoms with Gasteiger partial charge in [0.05, 0.1) is 11.9 Å². The number of hydrogen-bond donors (Lipinski definition) is 2. The first-order valence-corrected chi connectivity index (χ1v) is 4.75. The van der Waals surface area contributed by atoms with E-state index in [1.54, 1.807) is 12.4 Å². The zero-order chi connectivity index (χ0) is 10.4. The quantitative estimate of drug-likeness (QED) is 0.431. The second kappa shape index (κ2) is 5.33. The summed E-state index contributed by atoms with van der Waals surface area (Å²) in [4.78, 5) is 0. The van der Waals surface area contributed by atoms with E-state index in [0.717, 1.165) is 18.7 Å². The van der Waals surface area contributed by atoms with E-state index < -0.39 is 0 Å². The van der Waals surface area contributed by atoms with Crippen LogP contribution in [0, 0.1) is 0 Å². The molecule has 3 N–H and O–H groups in total. The van der Waals surface area contributed by atoms with Crippen molar-refractivity contribution in [3.05, 3.63) is 18.0 Å². The molecule has 1 aromatic heterocycles. The van der Waals surface area contributed by atoms with E-state index >= 15 is 0 Å². The highest BCUT2D eigenvalue weighted by Gasteiger charge is 1.96. The molecule has 1 rings (SSSR count). The molecule has 6 heteroatoms. The molecule has 0 aromatic carbocycles. The van der Waals surface area contributed by atoms with Gasteiger partial charge in [-0.2, -0.15) is 10.2 Å². The molecule has 0 unspecified atom stereocenters. The van der Waals surface area contributed by atoms with Crippen LogP contribution in [0.3, 0.4) is 0 Å². The lowest BCUT2D eigenvalue weighted by molar-refractivity contribution is 0.599. The summed E-state index contributed by atoms with van der Waals surface area (Å²) in [5.41, 5.74) is 8.63. The van der Waals surface area contributed by atoms with Crippen LogP contribution in [-0.2, 0) is 6.54 Å². The van der Waals surface area contributed by atoms with Crippen molar-refractivity contribution < 1.29 is 0 Å². The predicted octanol–water partition coefficient (Wildman–Crippen LogP) is 0.460. The monoisotopic (exact) mass is 211 g/mol. The van der Waals surface area contributed by atoms with E-state index in [1.165, 1.54) is 0 Å². The van der Waals surface area contributed by atoms with Gasteiger partial charge in [0.1, 0.15) is 0 Å². The Hall–Kier alpha value is -1.43. The number of nitrogens with two attached hydrogens (primary N) is 1. The number of aromatic nitrogens is 2. The molecule has 0 saturated carbocycles. The first kappa shape index (κ1) is 10.6. The Labute approximate surface area is 88.0 Å². The van der Waals surface area contributed by atoms with Crippen LogP contribution >= 0.6 is 12.2 Å². The Balaban J connectivity index is 2.61. The highest BCUT2D eigenvalue weighted by Crippen LogP contribution is 1.96. The van der Waals surface area contributed by atoms with Gasteiger partial charge < -0.3 is 5.73 Å². The summed E-state index contributed by atoms with van der Waals surface area (Å²) in [5, 5.41) is 8.15. The molecule has 0 fully saturated rings. The van der Waals surface area contributed by atoms with Gasteiger partial charge in [0.15, 0.2) is 5.11 Å². The van der Waals surface area contributed by atoms with E-state index in [4.69, 9.17) is 5.73 Å². The number of rotatable bonds is 4. The molecular weight excluding hydrogens is 198 g/mol. The lowest BCUT2D eigenvalue weighted by atomic mass is 10.4. The third-order valence-electron chi connectivity index (χ3n) is 1.56.